The molecule has 3 heterocycles. The van der Waals surface area contributed by atoms with E-state index in [0.29, 0.717) is 18.4 Å². The summed E-state index contributed by atoms with van der Waals surface area (Å²) >= 11 is 0. The molecule has 3 aromatic heterocycles. The van der Waals surface area contributed by atoms with Gasteiger partial charge in [0.25, 0.3) is 0 Å². The third kappa shape index (κ3) is 4.95. The standard InChI is InChI=1S/C32H25F2N3O2/c33-27-9-7-20(13-28(27)34)12-19-4-1-2-5-24(30(38)14-19)31(39)16-22-17-36-29-10-8-21(15-25(22)29)26-18-37-32-23(26)6-3-11-35-32/h1-3,5-11,13,15,17-19,36H,4,12,14,16H2,(H,35,37)/b2-1-,24-5+/t19-/m1/s1. The van der Waals surface area contributed by atoms with Crippen LogP contribution >= 0.6 is 0 Å². The molecular formula is C32H25F2N3O2. The number of halogens is 2. The summed E-state index contributed by atoms with van der Waals surface area (Å²) < 4.78 is 27.0. The molecular weight excluding hydrogens is 496 g/mol. The van der Waals surface area contributed by atoms with Crippen LogP contribution in [-0.4, -0.2) is 26.5 Å². The normalized spacial score (nSPS) is 18.1. The second-order valence-electron chi connectivity index (χ2n) is 9.97. The van der Waals surface area contributed by atoms with Gasteiger partial charge < -0.3 is 9.97 Å². The van der Waals surface area contributed by atoms with Gasteiger partial charge in [-0.05, 0) is 77.9 Å². The number of benzene rings is 2. The summed E-state index contributed by atoms with van der Waals surface area (Å²) in [5.74, 6) is -2.40. The van der Waals surface area contributed by atoms with E-state index >= 15 is 0 Å². The minimum Gasteiger partial charge on any atom is -0.361 e. The highest BCUT2D eigenvalue weighted by molar-refractivity contribution is 6.21. The van der Waals surface area contributed by atoms with Gasteiger partial charge in [0.2, 0.25) is 0 Å². The number of carbonyl (C=O) groups excluding carboxylic acids is 2. The zero-order valence-electron chi connectivity index (χ0n) is 21.0. The number of nitrogens with one attached hydrogen (secondary N) is 2. The summed E-state index contributed by atoms with van der Waals surface area (Å²) in [5, 5.41) is 1.93. The topological polar surface area (TPSA) is 78.6 Å². The number of aromatic amines is 2. The van der Waals surface area contributed by atoms with Crippen LogP contribution in [0.4, 0.5) is 8.78 Å². The number of hydrogen-bond donors (Lipinski definition) is 2. The fraction of sp³-hybridized carbons (Fsp3) is 0.156. The molecule has 1 aliphatic carbocycles. The predicted octanol–water partition coefficient (Wildman–Crippen LogP) is 6.81. The maximum atomic E-state index is 13.7. The van der Waals surface area contributed by atoms with Gasteiger partial charge in [-0.2, -0.15) is 0 Å². The van der Waals surface area contributed by atoms with E-state index in [0.717, 1.165) is 44.7 Å². The summed E-state index contributed by atoms with van der Waals surface area (Å²) in [6, 6.07) is 13.8. The lowest BCUT2D eigenvalue weighted by molar-refractivity contribution is -0.121. The number of nitrogens with zero attached hydrogens (tertiary/aromatic N) is 1. The van der Waals surface area contributed by atoms with Gasteiger partial charge in [0, 0.05) is 53.3 Å². The van der Waals surface area contributed by atoms with Crippen LogP contribution in [0.1, 0.15) is 24.0 Å². The van der Waals surface area contributed by atoms with Crippen molar-refractivity contribution in [2.75, 3.05) is 0 Å². The van der Waals surface area contributed by atoms with E-state index < -0.39 is 11.6 Å². The van der Waals surface area contributed by atoms with E-state index in [2.05, 4.69) is 21.0 Å². The Hall–Kier alpha value is -4.65. The molecule has 2 aromatic carbocycles. The molecule has 7 heteroatoms. The minimum atomic E-state index is -0.903. The quantitative estimate of drug-likeness (QED) is 0.241. The van der Waals surface area contributed by atoms with Crippen molar-refractivity contribution in [1.82, 2.24) is 15.0 Å². The Labute approximate surface area is 223 Å². The van der Waals surface area contributed by atoms with E-state index in [1.807, 2.05) is 42.7 Å². The Morgan fingerprint density at radius 1 is 1.00 bits per heavy atom. The highest BCUT2D eigenvalue weighted by atomic mass is 19.2. The highest BCUT2D eigenvalue weighted by Gasteiger charge is 2.24. The Morgan fingerprint density at radius 3 is 2.77 bits per heavy atom. The second-order valence-corrected chi connectivity index (χ2v) is 9.97. The summed E-state index contributed by atoms with van der Waals surface area (Å²) in [4.78, 5) is 37.4. The third-order valence-corrected chi connectivity index (χ3v) is 7.33. The number of ketones is 2. The number of carbonyl (C=O) groups is 2. The van der Waals surface area contributed by atoms with Crippen molar-refractivity contribution in [3.63, 3.8) is 0 Å². The summed E-state index contributed by atoms with van der Waals surface area (Å²) in [6.07, 6.45) is 12.0. The third-order valence-electron chi connectivity index (χ3n) is 7.33. The summed E-state index contributed by atoms with van der Waals surface area (Å²) in [7, 11) is 0. The lowest BCUT2D eigenvalue weighted by Crippen LogP contribution is -2.20. The molecule has 0 spiro atoms. The van der Waals surface area contributed by atoms with Crippen molar-refractivity contribution in [3.8, 4) is 11.1 Å². The lowest BCUT2D eigenvalue weighted by Gasteiger charge is -2.17. The first-order valence-corrected chi connectivity index (χ1v) is 12.9. The van der Waals surface area contributed by atoms with Gasteiger partial charge in [-0.15, -0.1) is 0 Å². The molecule has 5 nitrogen and oxygen atoms in total. The van der Waals surface area contributed by atoms with E-state index in [1.54, 1.807) is 18.3 Å². The maximum Gasteiger partial charge on any atom is 0.170 e. The van der Waals surface area contributed by atoms with Crippen LogP contribution in [0.15, 0.2) is 90.9 Å². The Balaban J connectivity index is 1.22. The van der Waals surface area contributed by atoms with E-state index in [-0.39, 0.29) is 35.9 Å². The molecule has 39 heavy (non-hydrogen) atoms. The Bertz CT molecular complexity index is 1790. The first kappa shape index (κ1) is 24.7. The molecule has 0 saturated carbocycles. The van der Waals surface area contributed by atoms with Gasteiger partial charge >= 0.3 is 0 Å². The predicted molar refractivity (Wildman–Crippen MR) is 147 cm³/mol. The van der Waals surface area contributed by atoms with Gasteiger partial charge in [-0.25, -0.2) is 13.8 Å². The van der Waals surface area contributed by atoms with Crippen molar-refractivity contribution in [3.05, 3.63) is 114 Å². The first-order chi connectivity index (χ1) is 19.0. The van der Waals surface area contributed by atoms with Crippen molar-refractivity contribution < 1.29 is 18.4 Å². The number of allylic oxidation sites excluding steroid dienone is 4. The average molecular weight is 522 g/mol. The minimum absolute atomic E-state index is 0.0815. The number of hydrogen-bond acceptors (Lipinski definition) is 3. The summed E-state index contributed by atoms with van der Waals surface area (Å²) in [6.45, 7) is 0. The van der Waals surface area contributed by atoms with E-state index in [4.69, 9.17) is 0 Å². The maximum absolute atomic E-state index is 13.7. The van der Waals surface area contributed by atoms with Crippen LogP contribution < -0.4 is 0 Å². The number of Topliss-reactive ketones (excluding diaryl/α,β-unsaturated/α-hetero) is 2. The van der Waals surface area contributed by atoms with Crippen LogP contribution in [0.5, 0.6) is 0 Å². The Kier molecular flexibility index (Phi) is 6.49. The SMILES string of the molecule is O=C(Cc1c[nH]c2ccc(-c3c[nH]c4ncccc34)cc12)/C1=C/C=C\C[C@H](Cc2ccc(F)c(F)c2)CC1=O. The van der Waals surface area contributed by atoms with Crippen molar-refractivity contribution >= 4 is 33.5 Å². The van der Waals surface area contributed by atoms with Crippen LogP contribution in [0.2, 0.25) is 0 Å². The van der Waals surface area contributed by atoms with Crippen LogP contribution in [-0.2, 0) is 22.4 Å². The molecule has 194 valence electrons. The van der Waals surface area contributed by atoms with Gasteiger partial charge in [0.1, 0.15) is 5.65 Å². The van der Waals surface area contributed by atoms with Crippen molar-refractivity contribution in [2.45, 2.75) is 25.7 Å². The van der Waals surface area contributed by atoms with E-state index in [1.165, 1.54) is 12.1 Å². The molecule has 0 fully saturated rings. The van der Waals surface area contributed by atoms with Crippen LogP contribution in [0, 0.1) is 17.6 Å². The van der Waals surface area contributed by atoms with Crippen LogP contribution in [0.25, 0.3) is 33.1 Å². The lowest BCUT2D eigenvalue weighted by atomic mass is 9.86. The molecule has 6 rings (SSSR count). The molecule has 0 bridgehead atoms. The van der Waals surface area contributed by atoms with Gasteiger partial charge in [-0.1, -0.05) is 24.3 Å². The fourth-order valence-electron chi connectivity index (χ4n) is 5.34. The number of H-pyrrole nitrogens is 2. The molecule has 0 unspecified atom stereocenters. The molecule has 0 aliphatic heterocycles. The first-order valence-electron chi connectivity index (χ1n) is 12.9. The molecule has 5 aromatic rings. The summed E-state index contributed by atoms with van der Waals surface area (Å²) in [5.41, 5.74) is 5.33. The van der Waals surface area contributed by atoms with Crippen LogP contribution in [0.3, 0.4) is 0 Å². The zero-order chi connectivity index (χ0) is 26.9. The average Bonchev–Trinajstić information content (AvgIpc) is 3.53. The molecule has 2 N–H and O–H groups in total. The fourth-order valence-corrected chi connectivity index (χ4v) is 5.34. The molecule has 1 atom stereocenters. The number of fused-ring (bicyclic) bond motifs is 2. The molecule has 0 amide bonds. The molecule has 0 radical (unpaired) electrons. The van der Waals surface area contributed by atoms with Crippen molar-refractivity contribution in [2.24, 2.45) is 5.92 Å². The number of rotatable bonds is 6. The number of pyridine rings is 1. The van der Waals surface area contributed by atoms with Gasteiger partial charge in [0.05, 0.1) is 5.57 Å². The monoisotopic (exact) mass is 521 g/mol. The molecule has 0 saturated heterocycles. The largest absolute Gasteiger partial charge is 0.361 e. The van der Waals surface area contributed by atoms with Gasteiger partial charge in [-0.3, -0.25) is 9.59 Å². The second kappa shape index (κ2) is 10.3. The van der Waals surface area contributed by atoms with Crippen molar-refractivity contribution in [1.29, 1.82) is 0 Å². The zero-order valence-corrected chi connectivity index (χ0v) is 21.0. The highest BCUT2D eigenvalue weighted by Crippen LogP contribution is 2.32. The Morgan fingerprint density at radius 2 is 1.90 bits per heavy atom. The van der Waals surface area contributed by atoms with Gasteiger partial charge in [0.15, 0.2) is 23.2 Å². The smallest absolute Gasteiger partial charge is 0.170 e. The molecule has 1 aliphatic rings. The number of aromatic nitrogens is 3. The van der Waals surface area contributed by atoms with E-state index in [9.17, 15) is 18.4 Å².